The Hall–Kier alpha value is -0.0400. The number of rotatable bonds is 5. The summed E-state index contributed by atoms with van der Waals surface area (Å²) in [5.41, 5.74) is 0.747. The first-order valence-corrected chi connectivity index (χ1v) is 6.18. The predicted molar refractivity (Wildman–Crippen MR) is 68.1 cm³/mol. The molecular weight excluding hydrogens is 184 g/mol. The van der Waals surface area contributed by atoms with Gasteiger partial charge in [-0.3, -0.25) is 0 Å². The Morgan fingerprint density at radius 3 is 1.87 bits per heavy atom. The first-order chi connectivity index (χ1) is 6.60. The van der Waals surface area contributed by atoms with Gasteiger partial charge in [-0.1, -0.05) is 48.5 Å². The van der Waals surface area contributed by atoms with Crippen molar-refractivity contribution in [2.45, 2.75) is 61.3 Å². The molecule has 0 heterocycles. The molecule has 0 fully saturated rings. The van der Waals surface area contributed by atoms with Crippen LogP contribution in [0.5, 0.6) is 0 Å². The molecule has 0 aliphatic carbocycles. The lowest BCUT2D eigenvalue weighted by molar-refractivity contribution is 0.0606. The summed E-state index contributed by atoms with van der Waals surface area (Å²) in [6.45, 7) is 17.7. The SMILES string of the molecule is C[C@@H](CCOCC(C)(C)C)CC(C)(C)C. The summed E-state index contributed by atoms with van der Waals surface area (Å²) >= 11 is 0. The van der Waals surface area contributed by atoms with Gasteiger partial charge in [0.25, 0.3) is 0 Å². The van der Waals surface area contributed by atoms with Gasteiger partial charge in [0, 0.05) is 6.61 Å². The van der Waals surface area contributed by atoms with Crippen molar-refractivity contribution in [3.8, 4) is 0 Å². The van der Waals surface area contributed by atoms with E-state index in [0.717, 1.165) is 19.1 Å². The molecule has 0 unspecified atom stereocenters. The Balaban J connectivity index is 3.52. The number of hydrogen-bond donors (Lipinski definition) is 0. The van der Waals surface area contributed by atoms with Crippen molar-refractivity contribution in [2.24, 2.45) is 16.7 Å². The third kappa shape index (κ3) is 11.9. The van der Waals surface area contributed by atoms with Crippen molar-refractivity contribution in [3.63, 3.8) is 0 Å². The zero-order valence-corrected chi connectivity index (χ0v) is 11.8. The van der Waals surface area contributed by atoms with Crippen LogP contribution in [0.2, 0.25) is 0 Å². The minimum absolute atomic E-state index is 0.299. The monoisotopic (exact) mass is 214 g/mol. The molecule has 0 aromatic rings. The Bertz CT molecular complexity index is 159. The van der Waals surface area contributed by atoms with Crippen molar-refractivity contribution in [3.05, 3.63) is 0 Å². The summed E-state index contributed by atoms with van der Waals surface area (Å²) in [4.78, 5) is 0. The highest BCUT2D eigenvalue weighted by atomic mass is 16.5. The molecule has 0 radical (unpaired) electrons. The van der Waals surface area contributed by atoms with Crippen LogP contribution in [0.1, 0.15) is 61.3 Å². The van der Waals surface area contributed by atoms with Gasteiger partial charge in [-0.25, -0.2) is 0 Å². The minimum atomic E-state index is 0.299. The molecule has 1 heteroatoms. The standard InChI is InChI=1S/C14H30O/c1-12(10-13(2,3)4)8-9-15-11-14(5,6)7/h12H,8-11H2,1-7H3/t12-/m0/s1. The number of ether oxygens (including phenoxy) is 1. The molecule has 0 saturated carbocycles. The van der Waals surface area contributed by atoms with Gasteiger partial charge in [-0.05, 0) is 29.6 Å². The van der Waals surface area contributed by atoms with E-state index < -0.39 is 0 Å². The molecule has 0 saturated heterocycles. The molecule has 0 spiro atoms. The first-order valence-electron chi connectivity index (χ1n) is 6.18. The van der Waals surface area contributed by atoms with Crippen LogP contribution in [0.15, 0.2) is 0 Å². The Kier molecular flexibility index (Phi) is 5.87. The zero-order chi connectivity index (χ0) is 12.1. The summed E-state index contributed by atoms with van der Waals surface area (Å²) in [6, 6.07) is 0. The second kappa shape index (κ2) is 5.89. The van der Waals surface area contributed by atoms with E-state index in [2.05, 4.69) is 48.5 Å². The van der Waals surface area contributed by atoms with E-state index in [1.54, 1.807) is 0 Å². The molecule has 0 N–H and O–H groups in total. The topological polar surface area (TPSA) is 9.23 Å². The van der Waals surface area contributed by atoms with Gasteiger partial charge in [-0.15, -0.1) is 0 Å². The van der Waals surface area contributed by atoms with Crippen LogP contribution >= 0.6 is 0 Å². The maximum Gasteiger partial charge on any atom is 0.0514 e. The molecule has 0 bridgehead atoms. The van der Waals surface area contributed by atoms with Crippen molar-refractivity contribution in [2.75, 3.05) is 13.2 Å². The lowest BCUT2D eigenvalue weighted by atomic mass is 9.84. The largest absolute Gasteiger partial charge is 0.381 e. The van der Waals surface area contributed by atoms with Crippen LogP contribution < -0.4 is 0 Å². The van der Waals surface area contributed by atoms with E-state index in [0.29, 0.717) is 10.8 Å². The fourth-order valence-electron chi connectivity index (χ4n) is 1.81. The van der Waals surface area contributed by atoms with E-state index in [-0.39, 0.29) is 0 Å². The van der Waals surface area contributed by atoms with Crippen molar-refractivity contribution >= 4 is 0 Å². The second-order valence-corrected chi connectivity index (χ2v) is 7.27. The van der Waals surface area contributed by atoms with E-state index in [4.69, 9.17) is 4.74 Å². The average Bonchev–Trinajstić information content (AvgIpc) is 1.92. The van der Waals surface area contributed by atoms with Crippen LogP contribution in [-0.4, -0.2) is 13.2 Å². The highest BCUT2D eigenvalue weighted by Crippen LogP contribution is 2.26. The van der Waals surface area contributed by atoms with Gasteiger partial charge >= 0.3 is 0 Å². The Labute approximate surface area is 96.6 Å². The van der Waals surface area contributed by atoms with Crippen molar-refractivity contribution in [1.82, 2.24) is 0 Å². The molecule has 0 aromatic heterocycles. The maximum absolute atomic E-state index is 5.68. The average molecular weight is 214 g/mol. The highest BCUT2D eigenvalue weighted by Gasteiger charge is 2.15. The third-order valence-corrected chi connectivity index (χ3v) is 2.25. The molecule has 15 heavy (non-hydrogen) atoms. The summed E-state index contributed by atoms with van der Waals surface area (Å²) in [5, 5.41) is 0. The molecule has 1 nitrogen and oxygen atoms in total. The van der Waals surface area contributed by atoms with Crippen molar-refractivity contribution in [1.29, 1.82) is 0 Å². The van der Waals surface area contributed by atoms with Gasteiger partial charge in [0.1, 0.15) is 0 Å². The number of hydrogen-bond acceptors (Lipinski definition) is 1. The van der Waals surface area contributed by atoms with E-state index in [1.165, 1.54) is 12.8 Å². The second-order valence-electron chi connectivity index (χ2n) is 7.27. The van der Waals surface area contributed by atoms with E-state index in [9.17, 15) is 0 Å². The third-order valence-electron chi connectivity index (χ3n) is 2.25. The van der Waals surface area contributed by atoms with Crippen LogP contribution in [0, 0.1) is 16.7 Å². The van der Waals surface area contributed by atoms with Gasteiger partial charge in [0.15, 0.2) is 0 Å². The quantitative estimate of drug-likeness (QED) is 0.612. The van der Waals surface area contributed by atoms with Gasteiger partial charge in [0.2, 0.25) is 0 Å². The van der Waals surface area contributed by atoms with Crippen LogP contribution in [-0.2, 0) is 4.74 Å². The van der Waals surface area contributed by atoms with Crippen LogP contribution in [0.4, 0.5) is 0 Å². The predicted octanol–water partition coefficient (Wildman–Crippen LogP) is 4.51. The lowest BCUT2D eigenvalue weighted by Gasteiger charge is -2.24. The molecular formula is C14H30O. The highest BCUT2D eigenvalue weighted by molar-refractivity contribution is 4.66. The van der Waals surface area contributed by atoms with E-state index in [1.807, 2.05) is 0 Å². The Morgan fingerprint density at radius 2 is 1.47 bits per heavy atom. The Morgan fingerprint density at radius 1 is 0.933 bits per heavy atom. The molecule has 0 rings (SSSR count). The fourth-order valence-corrected chi connectivity index (χ4v) is 1.81. The van der Waals surface area contributed by atoms with Crippen LogP contribution in [0.25, 0.3) is 0 Å². The van der Waals surface area contributed by atoms with Crippen LogP contribution in [0.3, 0.4) is 0 Å². The molecule has 1 atom stereocenters. The molecule has 92 valence electrons. The first kappa shape index (κ1) is 15.0. The fraction of sp³-hybridized carbons (Fsp3) is 1.00. The summed E-state index contributed by atoms with van der Waals surface area (Å²) < 4.78 is 5.68. The normalized spacial score (nSPS) is 15.4. The molecule has 0 aromatic carbocycles. The summed E-state index contributed by atoms with van der Waals surface area (Å²) in [5.74, 6) is 0.768. The zero-order valence-electron chi connectivity index (χ0n) is 11.8. The summed E-state index contributed by atoms with van der Waals surface area (Å²) in [7, 11) is 0. The molecule has 0 amide bonds. The van der Waals surface area contributed by atoms with Gasteiger partial charge < -0.3 is 4.74 Å². The lowest BCUT2D eigenvalue weighted by Crippen LogP contribution is -2.17. The molecule has 0 aliphatic rings. The maximum atomic E-state index is 5.68. The molecule has 0 aliphatic heterocycles. The van der Waals surface area contributed by atoms with E-state index >= 15 is 0 Å². The van der Waals surface area contributed by atoms with Gasteiger partial charge in [0.05, 0.1) is 6.61 Å². The smallest absolute Gasteiger partial charge is 0.0514 e. The van der Waals surface area contributed by atoms with Gasteiger partial charge in [-0.2, -0.15) is 0 Å². The minimum Gasteiger partial charge on any atom is -0.381 e. The summed E-state index contributed by atoms with van der Waals surface area (Å²) in [6.07, 6.45) is 2.47. The van der Waals surface area contributed by atoms with Crippen molar-refractivity contribution < 1.29 is 4.74 Å².